The van der Waals surface area contributed by atoms with Crippen LogP contribution in [0, 0.1) is 5.92 Å². The van der Waals surface area contributed by atoms with Gasteiger partial charge in [-0.15, -0.1) is 0 Å². The number of hydrogen-bond donors (Lipinski definition) is 2. The van der Waals surface area contributed by atoms with Gasteiger partial charge in [0, 0.05) is 0 Å². The Morgan fingerprint density at radius 3 is 2.18 bits per heavy atom. The Bertz CT molecular complexity index is 381. The van der Waals surface area contributed by atoms with Crippen LogP contribution in [0.4, 0.5) is 0 Å². The maximum absolute atomic E-state index is 11.2. The van der Waals surface area contributed by atoms with E-state index in [4.69, 9.17) is 5.11 Å². The molecule has 0 unspecified atom stereocenters. The number of hydrogen-bond acceptors (Lipinski definition) is 2. The number of carboxylic acid groups (broad SMARTS) is 1. The summed E-state index contributed by atoms with van der Waals surface area (Å²) < 4.78 is 0. The van der Waals surface area contributed by atoms with Gasteiger partial charge in [0.2, 0.25) is 0 Å². The second kappa shape index (κ2) is 5.32. The minimum atomic E-state index is -1.21. The van der Waals surface area contributed by atoms with Gasteiger partial charge in [-0.2, -0.15) is 0 Å². The Morgan fingerprint density at radius 1 is 1.29 bits per heavy atom. The molecule has 1 rings (SSSR count). The van der Waals surface area contributed by atoms with E-state index < -0.39 is 18.0 Å². The van der Waals surface area contributed by atoms with Crippen LogP contribution in [0.5, 0.6) is 0 Å². The van der Waals surface area contributed by atoms with Gasteiger partial charge in [-0.1, -0.05) is 38.1 Å². The second-order valence-electron chi connectivity index (χ2n) is 5.09. The van der Waals surface area contributed by atoms with Gasteiger partial charge in [0.05, 0.1) is 6.61 Å². The third kappa shape index (κ3) is 3.07. The fourth-order valence-corrected chi connectivity index (χ4v) is 1.76. The van der Waals surface area contributed by atoms with Crippen molar-refractivity contribution in [2.45, 2.75) is 32.6 Å². The van der Waals surface area contributed by atoms with Crippen molar-refractivity contribution in [3.8, 4) is 0 Å². The van der Waals surface area contributed by atoms with Crippen LogP contribution in [0.25, 0.3) is 0 Å². The number of carboxylic acids is 1. The molecule has 94 valence electrons. The molecule has 0 heterocycles. The van der Waals surface area contributed by atoms with E-state index in [2.05, 4.69) is 13.8 Å². The smallest absolute Gasteiger partial charge is 0.316 e. The van der Waals surface area contributed by atoms with E-state index in [1.165, 1.54) is 12.5 Å². The Hall–Kier alpha value is -1.35. The fraction of sp³-hybridized carbons (Fsp3) is 0.500. The van der Waals surface area contributed by atoms with Gasteiger partial charge in [-0.05, 0) is 30.4 Å². The Morgan fingerprint density at radius 2 is 1.82 bits per heavy atom. The van der Waals surface area contributed by atoms with E-state index in [1.54, 1.807) is 12.1 Å². The average molecular weight is 236 g/mol. The molecular formula is C14H20O3. The lowest BCUT2D eigenvalue weighted by molar-refractivity contribution is -0.144. The van der Waals surface area contributed by atoms with Crippen molar-refractivity contribution in [2.24, 2.45) is 5.92 Å². The number of benzene rings is 1. The first-order valence-corrected chi connectivity index (χ1v) is 5.84. The molecule has 17 heavy (non-hydrogen) atoms. The molecule has 0 saturated heterocycles. The summed E-state index contributed by atoms with van der Waals surface area (Å²) in [7, 11) is 0. The molecule has 1 atom stereocenters. The van der Waals surface area contributed by atoms with Crippen LogP contribution in [0.2, 0.25) is 0 Å². The highest BCUT2D eigenvalue weighted by atomic mass is 16.4. The standard InChI is InChI=1S/C14H20O3/c1-10(2)8-11-4-6-12(7-5-11)14(3,9-15)13(16)17/h4-7,10,15H,8-9H2,1-3H3,(H,16,17)/t14-/m1/s1. The second-order valence-corrected chi connectivity index (χ2v) is 5.09. The number of rotatable bonds is 5. The van der Waals surface area contributed by atoms with Gasteiger partial charge in [-0.3, -0.25) is 4.79 Å². The molecule has 3 heteroatoms. The summed E-state index contributed by atoms with van der Waals surface area (Å²) in [5, 5.41) is 18.4. The molecule has 0 saturated carbocycles. The Balaban J connectivity index is 2.97. The van der Waals surface area contributed by atoms with Crippen molar-refractivity contribution in [2.75, 3.05) is 6.61 Å². The molecule has 1 aromatic rings. The van der Waals surface area contributed by atoms with E-state index in [0.717, 1.165) is 6.42 Å². The highest BCUT2D eigenvalue weighted by molar-refractivity contribution is 5.81. The number of carbonyl (C=O) groups is 1. The molecule has 0 spiro atoms. The van der Waals surface area contributed by atoms with Gasteiger partial charge >= 0.3 is 5.97 Å². The first-order valence-electron chi connectivity index (χ1n) is 5.84. The first-order chi connectivity index (χ1) is 7.90. The molecule has 2 N–H and O–H groups in total. The van der Waals surface area contributed by atoms with Crippen LogP contribution >= 0.6 is 0 Å². The van der Waals surface area contributed by atoms with Gasteiger partial charge in [0.1, 0.15) is 5.41 Å². The van der Waals surface area contributed by atoms with Crippen LogP contribution in [0.15, 0.2) is 24.3 Å². The molecule has 0 aliphatic rings. The van der Waals surface area contributed by atoms with Crippen molar-refractivity contribution in [3.63, 3.8) is 0 Å². The van der Waals surface area contributed by atoms with Crippen molar-refractivity contribution in [1.82, 2.24) is 0 Å². The highest BCUT2D eigenvalue weighted by Crippen LogP contribution is 2.24. The van der Waals surface area contributed by atoms with Crippen LogP contribution in [0.3, 0.4) is 0 Å². The largest absolute Gasteiger partial charge is 0.481 e. The minimum absolute atomic E-state index is 0.397. The van der Waals surface area contributed by atoms with E-state index in [0.29, 0.717) is 11.5 Å². The summed E-state index contributed by atoms with van der Waals surface area (Å²) in [5.74, 6) is -0.429. The van der Waals surface area contributed by atoms with Gasteiger partial charge < -0.3 is 10.2 Å². The molecule has 0 fully saturated rings. The summed E-state index contributed by atoms with van der Waals surface area (Å²) in [5.41, 5.74) is 0.616. The maximum atomic E-state index is 11.2. The third-order valence-electron chi connectivity index (χ3n) is 3.02. The Labute approximate surface area is 102 Å². The maximum Gasteiger partial charge on any atom is 0.316 e. The van der Waals surface area contributed by atoms with Gasteiger partial charge in [-0.25, -0.2) is 0 Å². The summed E-state index contributed by atoms with van der Waals surface area (Å²) in [6, 6.07) is 7.46. The number of aliphatic carboxylic acids is 1. The van der Waals surface area contributed by atoms with Gasteiger partial charge in [0.25, 0.3) is 0 Å². The zero-order valence-electron chi connectivity index (χ0n) is 10.6. The molecule has 0 amide bonds. The molecule has 3 nitrogen and oxygen atoms in total. The minimum Gasteiger partial charge on any atom is -0.481 e. The van der Waals surface area contributed by atoms with Crippen LogP contribution in [0.1, 0.15) is 31.9 Å². The summed E-state index contributed by atoms with van der Waals surface area (Å²) in [6.07, 6.45) is 0.975. The summed E-state index contributed by atoms with van der Waals surface area (Å²) >= 11 is 0. The molecule has 0 aliphatic carbocycles. The highest BCUT2D eigenvalue weighted by Gasteiger charge is 2.34. The lowest BCUT2D eigenvalue weighted by Crippen LogP contribution is -2.36. The van der Waals surface area contributed by atoms with Gasteiger partial charge in [0.15, 0.2) is 0 Å². The van der Waals surface area contributed by atoms with Crippen molar-refractivity contribution in [3.05, 3.63) is 35.4 Å². The predicted octanol–water partition coefficient (Wildman–Crippen LogP) is 2.22. The van der Waals surface area contributed by atoms with E-state index in [-0.39, 0.29) is 0 Å². The molecular weight excluding hydrogens is 216 g/mol. The number of aliphatic hydroxyl groups excluding tert-OH is 1. The predicted molar refractivity (Wildman–Crippen MR) is 67.1 cm³/mol. The van der Waals surface area contributed by atoms with Crippen LogP contribution in [-0.4, -0.2) is 22.8 Å². The molecule has 0 radical (unpaired) electrons. The molecule has 0 aromatic heterocycles. The van der Waals surface area contributed by atoms with E-state index in [9.17, 15) is 9.90 Å². The topological polar surface area (TPSA) is 57.5 Å². The fourth-order valence-electron chi connectivity index (χ4n) is 1.76. The Kier molecular flexibility index (Phi) is 4.29. The zero-order chi connectivity index (χ0) is 13.1. The average Bonchev–Trinajstić information content (AvgIpc) is 2.28. The molecule has 0 bridgehead atoms. The van der Waals surface area contributed by atoms with Crippen molar-refractivity contribution < 1.29 is 15.0 Å². The summed E-state index contributed by atoms with van der Waals surface area (Å²) in [4.78, 5) is 11.2. The van der Waals surface area contributed by atoms with E-state index >= 15 is 0 Å². The zero-order valence-corrected chi connectivity index (χ0v) is 10.6. The van der Waals surface area contributed by atoms with Crippen LogP contribution < -0.4 is 0 Å². The molecule has 1 aromatic carbocycles. The van der Waals surface area contributed by atoms with Crippen LogP contribution in [-0.2, 0) is 16.6 Å². The SMILES string of the molecule is CC(C)Cc1ccc([C@@](C)(CO)C(=O)O)cc1. The number of aliphatic hydroxyl groups is 1. The lowest BCUT2D eigenvalue weighted by atomic mass is 9.83. The quantitative estimate of drug-likeness (QED) is 0.824. The monoisotopic (exact) mass is 236 g/mol. The first kappa shape index (κ1) is 13.7. The molecule has 0 aliphatic heterocycles. The van der Waals surface area contributed by atoms with E-state index in [1.807, 2.05) is 12.1 Å². The van der Waals surface area contributed by atoms with Crippen molar-refractivity contribution in [1.29, 1.82) is 0 Å². The summed E-state index contributed by atoms with van der Waals surface area (Å²) in [6.45, 7) is 5.42. The lowest BCUT2D eigenvalue weighted by Gasteiger charge is -2.22. The van der Waals surface area contributed by atoms with Crippen molar-refractivity contribution >= 4 is 5.97 Å². The third-order valence-corrected chi connectivity index (χ3v) is 3.02. The normalized spacial score (nSPS) is 14.6.